The summed E-state index contributed by atoms with van der Waals surface area (Å²) in [5.41, 5.74) is 1.24. The van der Waals surface area contributed by atoms with E-state index in [2.05, 4.69) is 18.7 Å². The first-order valence-corrected chi connectivity index (χ1v) is 11.2. The first-order chi connectivity index (χ1) is 16.0. The first-order valence-electron chi connectivity index (χ1n) is 11.2. The number of amides is 1. The van der Waals surface area contributed by atoms with Gasteiger partial charge in [-0.25, -0.2) is 0 Å². The van der Waals surface area contributed by atoms with Gasteiger partial charge in [-0.3, -0.25) is 9.59 Å². The van der Waals surface area contributed by atoms with Crippen molar-refractivity contribution in [2.75, 3.05) is 26.2 Å². The minimum atomic E-state index is -0.736. The smallest absolute Gasteiger partial charge is 0.295 e. The van der Waals surface area contributed by atoms with Crippen LogP contribution in [0, 0.1) is 0 Å². The zero-order chi connectivity index (χ0) is 23.5. The number of aliphatic hydroxyl groups is 1. The number of aromatic hydroxyl groups is 1. The van der Waals surface area contributed by atoms with Crippen molar-refractivity contribution in [3.05, 3.63) is 83.4 Å². The average molecular weight is 445 g/mol. The van der Waals surface area contributed by atoms with Gasteiger partial charge >= 0.3 is 0 Å². The molecule has 6 heteroatoms. The van der Waals surface area contributed by atoms with Crippen LogP contribution in [0.25, 0.3) is 16.5 Å². The zero-order valence-corrected chi connectivity index (χ0v) is 18.9. The molecule has 33 heavy (non-hydrogen) atoms. The van der Waals surface area contributed by atoms with Gasteiger partial charge in [0.15, 0.2) is 0 Å². The number of hydrogen-bond donors (Lipinski definition) is 2. The number of hydrogen-bond acceptors (Lipinski definition) is 5. The summed E-state index contributed by atoms with van der Waals surface area (Å²) in [6.07, 6.45) is 0. The Balaban J connectivity index is 1.86. The fraction of sp³-hybridized carbons (Fsp3) is 0.259. The maximum absolute atomic E-state index is 13.2. The second-order valence-corrected chi connectivity index (χ2v) is 8.14. The van der Waals surface area contributed by atoms with Crippen LogP contribution < -0.4 is 0 Å². The molecule has 1 unspecified atom stereocenters. The van der Waals surface area contributed by atoms with Gasteiger partial charge in [-0.1, -0.05) is 68.4 Å². The largest absolute Gasteiger partial charge is 0.508 e. The minimum absolute atomic E-state index is 0.0709. The number of benzene rings is 3. The molecule has 1 amide bonds. The molecule has 2 N–H and O–H groups in total. The number of likely N-dealkylation sites (N-methyl/N-ethyl adjacent to an activating group) is 1. The van der Waals surface area contributed by atoms with Crippen molar-refractivity contribution < 1.29 is 19.8 Å². The van der Waals surface area contributed by atoms with Gasteiger partial charge in [-0.05, 0) is 41.6 Å². The summed E-state index contributed by atoms with van der Waals surface area (Å²) in [5, 5.41) is 22.9. The maximum atomic E-state index is 13.2. The Morgan fingerprint density at radius 1 is 0.939 bits per heavy atom. The van der Waals surface area contributed by atoms with E-state index in [1.165, 1.54) is 17.0 Å². The van der Waals surface area contributed by atoms with Crippen molar-refractivity contribution in [3.8, 4) is 5.75 Å². The number of carbonyl (C=O) groups is 2. The molecule has 6 nitrogen and oxygen atoms in total. The van der Waals surface area contributed by atoms with Gasteiger partial charge in [0.1, 0.15) is 11.5 Å². The number of Topliss-reactive ketones (excluding diaryl/α,β-unsaturated/α-hetero) is 1. The van der Waals surface area contributed by atoms with E-state index >= 15 is 0 Å². The van der Waals surface area contributed by atoms with E-state index in [4.69, 9.17) is 0 Å². The summed E-state index contributed by atoms with van der Waals surface area (Å²) in [6.45, 7) is 6.73. The topological polar surface area (TPSA) is 81.1 Å². The maximum Gasteiger partial charge on any atom is 0.295 e. The van der Waals surface area contributed by atoms with Crippen LogP contribution in [0.4, 0.5) is 0 Å². The molecule has 1 aliphatic heterocycles. The highest BCUT2D eigenvalue weighted by molar-refractivity contribution is 6.46. The molecule has 4 rings (SSSR count). The second kappa shape index (κ2) is 9.46. The molecule has 1 atom stereocenters. The van der Waals surface area contributed by atoms with Gasteiger partial charge in [0.25, 0.3) is 11.7 Å². The van der Waals surface area contributed by atoms with E-state index in [1.807, 2.05) is 36.4 Å². The molecular formula is C27H28N2O4. The van der Waals surface area contributed by atoms with Crippen LogP contribution in [-0.2, 0) is 9.59 Å². The Labute approximate surface area is 193 Å². The predicted molar refractivity (Wildman–Crippen MR) is 129 cm³/mol. The van der Waals surface area contributed by atoms with Crippen molar-refractivity contribution >= 4 is 28.2 Å². The molecule has 170 valence electrons. The molecule has 0 spiro atoms. The Kier molecular flexibility index (Phi) is 6.47. The van der Waals surface area contributed by atoms with Crippen molar-refractivity contribution in [1.82, 2.24) is 9.80 Å². The van der Waals surface area contributed by atoms with Gasteiger partial charge in [0.05, 0.1) is 11.6 Å². The van der Waals surface area contributed by atoms with Crippen LogP contribution in [0.5, 0.6) is 5.75 Å². The lowest BCUT2D eigenvalue weighted by Crippen LogP contribution is -2.38. The van der Waals surface area contributed by atoms with Crippen LogP contribution in [0.15, 0.2) is 72.3 Å². The normalized spacial score (nSPS) is 17.9. The average Bonchev–Trinajstić information content (AvgIpc) is 3.09. The summed E-state index contributed by atoms with van der Waals surface area (Å²) in [6, 6.07) is 18.8. The third-order valence-electron chi connectivity index (χ3n) is 6.35. The highest BCUT2D eigenvalue weighted by Crippen LogP contribution is 2.40. The van der Waals surface area contributed by atoms with Crippen LogP contribution in [0.2, 0.25) is 0 Å². The number of likely N-dealkylation sites (tertiary alicyclic amines) is 1. The van der Waals surface area contributed by atoms with Gasteiger partial charge in [0, 0.05) is 18.7 Å². The molecule has 1 aliphatic rings. The zero-order valence-electron chi connectivity index (χ0n) is 18.9. The number of phenols is 1. The first kappa shape index (κ1) is 22.6. The lowest BCUT2D eigenvalue weighted by molar-refractivity contribution is -0.140. The lowest BCUT2D eigenvalue weighted by atomic mass is 9.93. The molecule has 0 aliphatic carbocycles. The van der Waals surface area contributed by atoms with Crippen molar-refractivity contribution in [1.29, 1.82) is 0 Å². The monoisotopic (exact) mass is 444 g/mol. The highest BCUT2D eigenvalue weighted by Gasteiger charge is 2.46. The van der Waals surface area contributed by atoms with Gasteiger partial charge in [-0.15, -0.1) is 0 Å². The molecule has 1 heterocycles. The Morgan fingerprint density at radius 3 is 2.30 bits per heavy atom. The van der Waals surface area contributed by atoms with Crippen LogP contribution in [0.1, 0.15) is 31.0 Å². The van der Waals surface area contributed by atoms with E-state index in [0.717, 1.165) is 23.9 Å². The number of ketones is 1. The van der Waals surface area contributed by atoms with E-state index in [0.29, 0.717) is 24.2 Å². The van der Waals surface area contributed by atoms with Crippen LogP contribution in [-0.4, -0.2) is 57.9 Å². The van der Waals surface area contributed by atoms with E-state index in [9.17, 15) is 19.8 Å². The second-order valence-electron chi connectivity index (χ2n) is 8.14. The van der Waals surface area contributed by atoms with Crippen LogP contribution in [0.3, 0.4) is 0 Å². The van der Waals surface area contributed by atoms with E-state index in [1.54, 1.807) is 18.2 Å². The lowest BCUT2D eigenvalue weighted by Gasteiger charge is -2.28. The molecule has 0 saturated carbocycles. The third-order valence-corrected chi connectivity index (χ3v) is 6.35. The van der Waals surface area contributed by atoms with E-state index < -0.39 is 17.7 Å². The standard InChI is InChI=1S/C27H28N2O4/c1-3-28(4-2)16-17-29-24(19-12-14-20(30)15-13-19)23(26(32)27(29)33)25(31)22-11-7-9-18-8-5-6-10-21(18)22/h5-15,24,30-31H,3-4,16-17H2,1-2H3/b25-23-. The highest BCUT2D eigenvalue weighted by atomic mass is 16.3. The van der Waals surface area contributed by atoms with Crippen molar-refractivity contribution in [2.45, 2.75) is 19.9 Å². The fourth-order valence-corrected chi connectivity index (χ4v) is 4.48. The summed E-state index contributed by atoms with van der Waals surface area (Å²) in [4.78, 5) is 30.1. The molecule has 0 aromatic heterocycles. The third kappa shape index (κ3) is 4.22. The number of phenolic OH excluding ortho intramolecular Hbond substituents is 1. The predicted octanol–water partition coefficient (Wildman–Crippen LogP) is 4.31. The molecule has 0 bridgehead atoms. The summed E-state index contributed by atoms with van der Waals surface area (Å²) >= 11 is 0. The Bertz CT molecular complexity index is 1210. The number of carbonyl (C=O) groups excluding carboxylic acids is 2. The molecule has 3 aromatic rings. The van der Waals surface area contributed by atoms with Gasteiger partial charge in [-0.2, -0.15) is 0 Å². The molecule has 1 saturated heterocycles. The fourth-order valence-electron chi connectivity index (χ4n) is 4.48. The number of rotatable bonds is 7. The summed E-state index contributed by atoms with van der Waals surface area (Å²) in [5.74, 6) is -1.42. The minimum Gasteiger partial charge on any atom is -0.508 e. The van der Waals surface area contributed by atoms with Crippen molar-refractivity contribution in [2.24, 2.45) is 0 Å². The molecule has 3 aromatic carbocycles. The SMILES string of the molecule is CCN(CC)CCN1C(=O)C(=O)/C(=C(\O)c2cccc3ccccc23)C1c1ccc(O)cc1. The van der Waals surface area contributed by atoms with Crippen LogP contribution >= 0.6 is 0 Å². The Hall–Kier alpha value is -3.64. The number of aliphatic hydroxyl groups excluding tert-OH is 1. The van der Waals surface area contributed by atoms with Gasteiger partial charge < -0.3 is 20.0 Å². The molecule has 0 radical (unpaired) electrons. The number of fused-ring (bicyclic) bond motifs is 1. The quantitative estimate of drug-likeness (QED) is 0.322. The van der Waals surface area contributed by atoms with Crippen molar-refractivity contribution in [3.63, 3.8) is 0 Å². The van der Waals surface area contributed by atoms with Gasteiger partial charge in [0.2, 0.25) is 0 Å². The molecule has 1 fully saturated rings. The van der Waals surface area contributed by atoms with E-state index in [-0.39, 0.29) is 17.1 Å². The Morgan fingerprint density at radius 2 is 1.61 bits per heavy atom. The number of nitrogens with zero attached hydrogens (tertiary/aromatic N) is 2. The molecular weight excluding hydrogens is 416 g/mol. The summed E-state index contributed by atoms with van der Waals surface area (Å²) < 4.78 is 0. The summed E-state index contributed by atoms with van der Waals surface area (Å²) in [7, 11) is 0.